The first-order chi connectivity index (χ1) is 13.9. The standard InChI is InChI=1S/C21H26N2O4S2/c1-16-5-7-17(8-6-16)14-28-15-21(24)22-19-13-18(9-10-20(19)27-2)29(25,26)23-11-3-4-12-23/h5-10,13H,3-4,11-12,14-15H2,1-2H3,(H,22,24). The van der Waals surface area contributed by atoms with Crippen molar-refractivity contribution in [1.29, 1.82) is 0 Å². The largest absolute Gasteiger partial charge is 0.495 e. The van der Waals surface area contributed by atoms with E-state index in [0.717, 1.165) is 24.2 Å². The van der Waals surface area contributed by atoms with Crippen LogP contribution in [0.15, 0.2) is 47.4 Å². The normalized spacial score (nSPS) is 14.7. The molecule has 0 radical (unpaired) electrons. The minimum atomic E-state index is -3.56. The molecule has 1 aliphatic heterocycles. The summed E-state index contributed by atoms with van der Waals surface area (Å²) in [6.07, 6.45) is 1.74. The van der Waals surface area contributed by atoms with Crippen molar-refractivity contribution in [2.45, 2.75) is 30.4 Å². The molecule has 1 amide bonds. The van der Waals surface area contributed by atoms with Gasteiger partial charge in [-0.05, 0) is 43.5 Å². The molecule has 0 aromatic heterocycles. The van der Waals surface area contributed by atoms with E-state index in [-0.39, 0.29) is 16.6 Å². The zero-order valence-electron chi connectivity index (χ0n) is 16.7. The van der Waals surface area contributed by atoms with Crippen LogP contribution in [0, 0.1) is 6.92 Å². The van der Waals surface area contributed by atoms with E-state index < -0.39 is 10.0 Å². The van der Waals surface area contributed by atoms with Gasteiger partial charge in [0.25, 0.3) is 0 Å². The minimum Gasteiger partial charge on any atom is -0.495 e. The number of aryl methyl sites for hydroxylation is 1. The smallest absolute Gasteiger partial charge is 0.243 e. The second kappa shape index (κ2) is 9.65. The lowest BCUT2D eigenvalue weighted by Crippen LogP contribution is -2.28. The Labute approximate surface area is 176 Å². The predicted molar refractivity (Wildman–Crippen MR) is 117 cm³/mol. The molecule has 0 aliphatic carbocycles. The van der Waals surface area contributed by atoms with Gasteiger partial charge in [-0.2, -0.15) is 4.31 Å². The van der Waals surface area contributed by atoms with Crippen molar-refractivity contribution in [1.82, 2.24) is 4.31 Å². The predicted octanol–water partition coefficient (Wildman–Crippen LogP) is 3.66. The summed E-state index contributed by atoms with van der Waals surface area (Å²) in [4.78, 5) is 12.6. The van der Waals surface area contributed by atoms with Crippen LogP contribution in [0.4, 0.5) is 5.69 Å². The number of benzene rings is 2. The van der Waals surface area contributed by atoms with E-state index in [1.807, 2.05) is 19.1 Å². The van der Waals surface area contributed by atoms with Gasteiger partial charge in [-0.15, -0.1) is 11.8 Å². The molecule has 1 heterocycles. The van der Waals surface area contributed by atoms with Crippen LogP contribution in [0.1, 0.15) is 24.0 Å². The van der Waals surface area contributed by atoms with Gasteiger partial charge in [0.05, 0.1) is 23.4 Å². The van der Waals surface area contributed by atoms with Crippen LogP contribution in [0.2, 0.25) is 0 Å². The van der Waals surface area contributed by atoms with E-state index in [4.69, 9.17) is 4.74 Å². The van der Waals surface area contributed by atoms with Gasteiger partial charge in [0.1, 0.15) is 5.75 Å². The monoisotopic (exact) mass is 434 g/mol. The molecule has 1 fully saturated rings. The molecule has 0 spiro atoms. The molecule has 1 saturated heterocycles. The van der Waals surface area contributed by atoms with Crippen molar-refractivity contribution >= 4 is 33.4 Å². The molecule has 6 nitrogen and oxygen atoms in total. The first-order valence-corrected chi connectivity index (χ1v) is 12.1. The van der Waals surface area contributed by atoms with E-state index in [1.165, 1.54) is 40.9 Å². The van der Waals surface area contributed by atoms with E-state index >= 15 is 0 Å². The van der Waals surface area contributed by atoms with Crippen molar-refractivity contribution in [3.63, 3.8) is 0 Å². The second-order valence-corrected chi connectivity index (χ2v) is 9.92. The van der Waals surface area contributed by atoms with Crippen molar-refractivity contribution in [2.75, 3.05) is 31.3 Å². The summed E-state index contributed by atoms with van der Waals surface area (Å²) in [6, 6.07) is 12.8. The summed E-state index contributed by atoms with van der Waals surface area (Å²) >= 11 is 1.50. The van der Waals surface area contributed by atoms with Gasteiger partial charge >= 0.3 is 0 Å². The molecule has 0 atom stereocenters. The number of nitrogens with zero attached hydrogens (tertiary/aromatic N) is 1. The highest BCUT2D eigenvalue weighted by molar-refractivity contribution is 7.99. The Hall–Kier alpha value is -2.03. The summed E-state index contributed by atoms with van der Waals surface area (Å²) in [7, 11) is -2.07. The second-order valence-electron chi connectivity index (χ2n) is 7.00. The Morgan fingerprint density at radius 2 is 1.83 bits per heavy atom. The molecule has 0 saturated carbocycles. The fourth-order valence-corrected chi connectivity index (χ4v) is 5.49. The molecular weight excluding hydrogens is 408 g/mol. The van der Waals surface area contributed by atoms with Crippen LogP contribution in [0.25, 0.3) is 0 Å². The van der Waals surface area contributed by atoms with Crippen molar-refractivity contribution in [3.05, 3.63) is 53.6 Å². The van der Waals surface area contributed by atoms with E-state index in [9.17, 15) is 13.2 Å². The minimum absolute atomic E-state index is 0.169. The lowest BCUT2D eigenvalue weighted by atomic mass is 10.2. The number of carbonyl (C=O) groups excluding carboxylic acids is 1. The third kappa shape index (κ3) is 5.52. The first-order valence-electron chi connectivity index (χ1n) is 9.51. The molecule has 1 N–H and O–H groups in total. The van der Waals surface area contributed by atoms with E-state index in [0.29, 0.717) is 24.5 Å². The third-order valence-corrected chi connectivity index (χ3v) is 7.67. The molecule has 2 aromatic rings. The Morgan fingerprint density at radius 1 is 1.14 bits per heavy atom. The maximum atomic E-state index is 12.8. The first kappa shape index (κ1) is 21.7. The Balaban J connectivity index is 1.65. The fourth-order valence-electron chi connectivity index (χ4n) is 3.15. The summed E-state index contributed by atoms with van der Waals surface area (Å²) in [5, 5.41) is 2.79. The number of thioether (sulfide) groups is 1. The van der Waals surface area contributed by atoms with Crippen molar-refractivity contribution in [2.24, 2.45) is 0 Å². The van der Waals surface area contributed by atoms with Crippen LogP contribution in [0.5, 0.6) is 5.75 Å². The molecule has 0 bridgehead atoms. The lowest BCUT2D eigenvalue weighted by Gasteiger charge is -2.17. The average Bonchev–Trinajstić information content (AvgIpc) is 3.25. The zero-order valence-corrected chi connectivity index (χ0v) is 18.3. The number of amides is 1. The number of ether oxygens (including phenoxy) is 1. The van der Waals surface area contributed by atoms with Gasteiger partial charge in [0.2, 0.25) is 15.9 Å². The SMILES string of the molecule is COc1ccc(S(=O)(=O)N2CCCC2)cc1NC(=O)CSCc1ccc(C)cc1. The highest BCUT2D eigenvalue weighted by atomic mass is 32.2. The Morgan fingerprint density at radius 3 is 2.48 bits per heavy atom. The number of methoxy groups -OCH3 is 1. The van der Waals surface area contributed by atoms with Gasteiger partial charge in [-0.1, -0.05) is 29.8 Å². The van der Waals surface area contributed by atoms with E-state index in [1.54, 1.807) is 6.07 Å². The summed E-state index contributed by atoms with van der Waals surface area (Å²) in [6.45, 7) is 3.10. The maximum Gasteiger partial charge on any atom is 0.243 e. The quantitative estimate of drug-likeness (QED) is 0.686. The molecular formula is C21H26N2O4S2. The summed E-state index contributed by atoms with van der Waals surface area (Å²) in [5.41, 5.74) is 2.73. The number of anilines is 1. The number of nitrogens with one attached hydrogen (secondary N) is 1. The Bertz CT molecular complexity index is 953. The maximum absolute atomic E-state index is 12.8. The van der Waals surface area contributed by atoms with Gasteiger partial charge in [0.15, 0.2) is 0 Å². The molecule has 8 heteroatoms. The van der Waals surface area contributed by atoms with Crippen LogP contribution < -0.4 is 10.1 Å². The van der Waals surface area contributed by atoms with Crippen molar-refractivity contribution in [3.8, 4) is 5.75 Å². The van der Waals surface area contributed by atoms with Crippen LogP contribution >= 0.6 is 11.8 Å². The number of carbonyl (C=O) groups is 1. The van der Waals surface area contributed by atoms with Gasteiger partial charge in [0, 0.05) is 18.8 Å². The molecule has 1 aliphatic rings. The summed E-state index contributed by atoms with van der Waals surface area (Å²) < 4.78 is 32.4. The van der Waals surface area contributed by atoms with Gasteiger partial charge in [-0.25, -0.2) is 8.42 Å². The number of hydrogen-bond acceptors (Lipinski definition) is 5. The van der Waals surface area contributed by atoms with Crippen LogP contribution in [-0.4, -0.2) is 44.6 Å². The van der Waals surface area contributed by atoms with E-state index in [2.05, 4.69) is 17.4 Å². The molecule has 156 valence electrons. The van der Waals surface area contributed by atoms with Gasteiger partial charge < -0.3 is 10.1 Å². The molecule has 3 rings (SSSR count). The van der Waals surface area contributed by atoms with Crippen molar-refractivity contribution < 1.29 is 17.9 Å². The molecule has 0 unspecified atom stereocenters. The Kier molecular flexibility index (Phi) is 7.21. The van der Waals surface area contributed by atoms with Gasteiger partial charge in [-0.3, -0.25) is 4.79 Å². The number of hydrogen-bond donors (Lipinski definition) is 1. The third-order valence-electron chi connectivity index (χ3n) is 4.77. The average molecular weight is 435 g/mol. The molecule has 29 heavy (non-hydrogen) atoms. The number of sulfonamides is 1. The topological polar surface area (TPSA) is 75.7 Å². The van der Waals surface area contributed by atoms with Crippen LogP contribution in [-0.2, 0) is 20.6 Å². The highest BCUT2D eigenvalue weighted by Gasteiger charge is 2.28. The van der Waals surface area contributed by atoms with Crippen LogP contribution in [0.3, 0.4) is 0 Å². The summed E-state index contributed by atoms with van der Waals surface area (Å²) in [5.74, 6) is 1.23. The number of rotatable bonds is 8. The lowest BCUT2D eigenvalue weighted by molar-refractivity contribution is -0.113. The zero-order chi connectivity index (χ0) is 20.9. The molecule has 2 aromatic carbocycles. The fraction of sp³-hybridized carbons (Fsp3) is 0.381. The highest BCUT2D eigenvalue weighted by Crippen LogP contribution is 2.30.